The number of amides is 1. The lowest BCUT2D eigenvalue weighted by molar-refractivity contribution is -0.119. The second-order valence-electron chi connectivity index (χ2n) is 6.99. The van der Waals surface area contributed by atoms with Crippen LogP contribution in [0.5, 0.6) is 0 Å². The van der Waals surface area contributed by atoms with Gasteiger partial charge in [0.2, 0.25) is 5.91 Å². The lowest BCUT2D eigenvalue weighted by atomic mass is 9.94. The van der Waals surface area contributed by atoms with Crippen molar-refractivity contribution in [3.8, 4) is 0 Å². The van der Waals surface area contributed by atoms with Gasteiger partial charge in [-0.25, -0.2) is 14.2 Å². The summed E-state index contributed by atoms with van der Waals surface area (Å²) in [5.74, 6) is -1.96. The van der Waals surface area contributed by atoms with E-state index in [9.17, 15) is 13.6 Å². The summed E-state index contributed by atoms with van der Waals surface area (Å²) in [4.78, 5) is 14.4. The molecule has 2 heterocycles. The highest BCUT2D eigenvalue weighted by molar-refractivity contribution is 5.93. The van der Waals surface area contributed by atoms with Gasteiger partial charge in [-0.15, -0.1) is 0 Å². The maximum absolute atomic E-state index is 14.5. The number of benzene rings is 2. The fourth-order valence-corrected chi connectivity index (χ4v) is 3.83. The second kappa shape index (κ2) is 7.62. The molecule has 1 amide bonds. The van der Waals surface area contributed by atoms with E-state index < -0.39 is 17.6 Å². The predicted octanol–water partition coefficient (Wildman–Crippen LogP) is 2.97. The molecule has 2 fully saturated rings. The molecule has 3 N–H and O–H groups in total. The van der Waals surface area contributed by atoms with Crippen LogP contribution in [-0.2, 0) is 4.79 Å². The van der Waals surface area contributed by atoms with Crippen molar-refractivity contribution in [3.63, 3.8) is 0 Å². The van der Waals surface area contributed by atoms with Crippen LogP contribution in [0.1, 0.15) is 24.4 Å². The Morgan fingerprint density at radius 2 is 1.74 bits per heavy atom. The average molecular weight is 372 g/mol. The SMILES string of the molecule is O=C(Nc1cc(F)c(N2CCCC2)c(F)c1)C1CNNC1c1ccccc1. The minimum atomic E-state index is -0.644. The van der Waals surface area contributed by atoms with Gasteiger partial charge in [0.15, 0.2) is 11.6 Å². The first-order valence-corrected chi connectivity index (χ1v) is 9.21. The molecular formula is C20H22F2N4O. The quantitative estimate of drug-likeness (QED) is 0.772. The van der Waals surface area contributed by atoms with Gasteiger partial charge in [0.25, 0.3) is 0 Å². The van der Waals surface area contributed by atoms with Crippen molar-refractivity contribution >= 4 is 17.3 Å². The zero-order chi connectivity index (χ0) is 18.8. The van der Waals surface area contributed by atoms with E-state index in [4.69, 9.17) is 0 Å². The molecule has 7 heteroatoms. The van der Waals surface area contributed by atoms with E-state index >= 15 is 0 Å². The Labute approximate surface area is 156 Å². The molecule has 4 rings (SSSR count). The van der Waals surface area contributed by atoms with Gasteiger partial charge < -0.3 is 10.2 Å². The van der Waals surface area contributed by atoms with Gasteiger partial charge in [0.1, 0.15) is 5.69 Å². The third kappa shape index (κ3) is 3.65. The van der Waals surface area contributed by atoms with E-state index in [1.54, 1.807) is 4.90 Å². The highest BCUT2D eigenvalue weighted by Crippen LogP contribution is 2.31. The number of anilines is 2. The summed E-state index contributed by atoms with van der Waals surface area (Å²) in [5, 5.41) is 2.67. The van der Waals surface area contributed by atoms with Crippen molar-refractivity contribution < 1.29 is 13.6 Å². The number of carbonyl (C=O) groups excluding carboxylic acids is 1. The fraction of sp³-hybridized carbons (Fsp3) is 0.350. The van der Waals surface area contributed by atoms with Crippen LogP contribution >= 0.6 is 0 Å². The lowest BCUT2D eigenvalue weighted by Crippen LogP contribution is -2.29. The summed E-state index contributed by atoms with van der Waals surface area (Å²) >= 11 is 0. The monoisotopic (exact) mass is 372 g/mol. The van der Waals surface area contributed by atoms with Gasteiger partial charge in [-0.2, -0.15) is 0 Å². The van der Waals surface area contributed by atoms with Crippen LogP contribution in [0.4, 0.5) is 20.2 Å². The van der Waals surface area contributed by atoms with Crippen LogP contribution in [-0.4, -0.2) is 25.5 Å². The molecule has 0 aliphatic carbocycles. The number of hydrogen-bond acceptors (Lipinski definition) is 4. The molecule has 0 radical (unpaired) electrons. The fourth-order valence-electron chi connectivity index (χ4n) is 3.83. The number of hydrazine groups is 1. The van der Waals surface area contributed by atoms with E-state index in [1.165, 1.54) is 12.1 Å². The van der Waals surface area contributed by atoms with Crippen LogP contribution in [0.15, 0.2) is 42.5 Å². The lowest BCUT2D eigenvalue weighted by Gasteiger charge is -2.21. The van der Waals surface area contributed by atoms with E-state index in [-0.39, 0.29) is 23.3 Å². The number of hydrogen-bond donors (Lipinski definition) is 3. The predicted molar refractivity (Wildman–Crippen MR) is 100 cm³/mol. The average Bonchev–Trinajstić information content (AvgIpc) is 3.34. The van der Waals surface area contributed by atoms with Crippen LogP contribution in [0.25, 0.3) is 0 Å². The molecule has 2 aliphatic heterocycles. The first-order chi connectivity index (χ1) is 13.1. The number of nitrogens with one attached hydrogen (secondary N) is 3. The Bertz CT molecular complexity index is 801. The number of rotatable bonds is 4. The zero-order valence-corrected chi connectivity index (χ0v) is 14.8. The molecule has 2 atom stereocenters. The molecule has 2 unspecified atom stereocenters. The van der Waals surface area contributed by atoms with Gasteiger partial charge in [-0.1, -0.05) is 30.3 Å². The number of carbonyl (C=O) groups is 1. The maximum Gasteiger partial charge on any atom is 0.230 e. The van der Waals surface area contributed by atoms with Crippen molar-refractivity contribution in [1.82, 2.24) is 10.9 Å². The molecule has 0 bridgehead atoms. The summed E-state index contributed by atoms with van der Waals surface area (Å²) in [6.45, 7) is 1.73. The molecular weight excluding hydrogens is 350 g/mol. The van der Waals surface area contributed by atoms with Gasteiger partial charge in [0.05, 0.1) is 12.0 Å². The number of halogens is 2. The van der Waals surface area contributed by atoms with Gasteiger partial charge in [0, 0.05) is 25.3 Å². The summed E-state index contributed by atoms with van der Waals surface area (Å²) in [7, 11) is 0. The first kappa shape index (κ1) is 17.9. The Kier molecular flexibility index (Phi) is 5.05. The highest BCUT2D eigenvalue weighted by Gasteiger charge is 2.34. The molecule has 142 valence electrons. The molecule has 27 heavy (non-hydrogen) atoms. The number of nitrogens with zero attached hydrogens (tertiary/aromatic N) is 1. The van der Waals surface area contributed by atoms with Crippen LogP contribution < -0.4 is 21.1 Å². The summed E-state index contributed by atoms with van der Waals surface area (Å²) in [6, 6.07) is 11.8. The van der Waals surface area contributed by atoms with Crippen LogP contribution in [0.3, 0.4) is 0 Å². The standard InChI is InChI=1S/C20H22F2N4O/c21-16-10-14(11-17(22)19(16)26-8-4-5-9-26)24-20(27)15-12-23-25-18(15)13-6-2-1-3-7-13/h1-3,6-7,10-11,15,18,23,25H,4-5,8-9,12H2,(H,24,27). The highest BCUT2D eigenvalue weighted by atomic mass is 19.1. The Morgan fingerprint density at radius 3 is 2.41 bits per heavy atom. The van der Waals surface area contributed by atoms with E-state index in [1.807, 2.05) is 30.3 Å². The zero-order valence-electron chi connectivity index (χ0n) is 14.8. The van der Waals surface area contributed by atoms with Crippen molar-refractivity contribution in [2.45, 2.75) is 18.9 Å². The molecule has 0 aromatic heterocycles. The smallest absolute Gasteiger partial charge is 0.230 e. The van der Waals surface area contributed by atoms with Crippen molar-refractivity contribution in [1.29, 1.82) is 0 Å². The third-order valence-electron chi connectivity index (χ3n) is 5.18. The van der Waals surface area contributed by atoms with Crippen molar-refractivity contribution in [3.05, 3.63) is 59.7 Å². The van der Waals surface area contributed by atoms with E-state index in [2.05, 4.69) is 16.2 Å². The van der Waals surface area contributed by atoms with E-state index in [0.717, 1.165) is 18.4 Å². The topological polar surface area (TPSA) is 56.4 Å². The molecule has 0 saturated carbocycles. The molecule has 2 aromatic carbocycles. The minimum absolute atomic E-state index is 0.00291. The summed E-state index contributed by atoms with van der Waals surface area (Å²) in [6.07, 6.45) is 1.86. The summed E-state index contributed by atoms with van der Waals surface area (Å²) in [5.41, 5.74) is 7.19. The molecule has 2 aromatic rings. The molecule has 2 aliphatic rings. The maximum atomic E-state index is 14.5. The first-order valence-electron chi connectivity index (χ1n) is 9.21. The van der Waals surface area contributed by atoms with Crippen molar-refractivity contribution in [2.24, 2.45) is 5.92 Å². The largest absolute Gasteiger partial charge is 0.367 e. The van der Waals surface area contributed by atoms with Gasteiger partial charge in [-0.05, 0) is 30.5 Å². The molecule has 0 spiro atoms. The normalized spacial score (nSPS) is 22.2. The Balaban J connectivity index is 1.51. The van der Waals surface area contributed by atoms with Gasteiger partial charge >= 0.3 is 0 Å². The summed E-state index contributed by atoms with van der Waals surface area (Å²) < 4.78 is 28.9. The third-order valence-corrected chi connectivity index (χ3v) is 5.18. The van der Waals surface area contributed by atoms with Crippen molar-refractivity contribution in [2.75, 3.05) is 29.9 Å². The minimum Gasteiger partial charge on any atom is -0.367 e. The molecule has 2 saturated heterocycles. The van der Waals surface area contributed by atoms with Gasteiger partial charge in [-0.3, -0.25) is 10.2 Å². The van der Waals surface area contributed by atoms with Crippen LogP contribution in [0.2, 0.25) is 0 Å². The Morgan fingerprint density at radius 1 is 1.07 bits per heavy atom. The Hall–Kier alpha value is -2.51. The second-order valence-corrected chi connectivity index (χ2v) is 6.99. The van der Waals surface area contributed by atoms with E-state index in [0.29, 0.717) is 19.6 Å². The van der Waals surface area contributed by atoms with Crippen LogP contribution in [0, 0.1) is 17.6 Å². The molecule has 5 nitrogen and oxygen atoms in total.